The van der Waals surface area contributed by atoms with E-state index >= 15 is 0 Å². The highest BCUT2D eigenvalue weighted by molar-refractivity contribution is 5.94. The summed E-state index contributed by atoms with van der Waals surface area (Å²) in [6, 6.07) is 7.30. The molecule has 0 unspecified atom stereocenters. The van der Waals surface area contributed by atoms with Crippen molar-refractivity contribution in [1.29, 1.82) is 0 Å². The lowest BCUT2D eigenvalue weighted by atomic mass is 9.89. The molecule has 4 rings (SSSR count). The minimum absolute atomic E-state index is 0.00918. The summed E-state index contributed by atoms with van der Waals surface area (Å²) in [4.78, 5) is 34.6. The topological polar surface area (TPSA) is 77.0 Å². The maximum absolute atomic E-state index is 13.9. The summed E-state index contributed by atoms with van der Waals surface area (Å²) < 4.78 is 13.9. The molecule has 2 aliphatic heterocycles. The number of nitrogens with zero attached hydrogens (tertiary/aromatic N) is 4. The van der Waals surface area contributed by atoms with Gasteiger partial charge in [0.15, 0.2) is 0 Å². The molecule has 0 bridgehead atoms. The molecule has 0 radical (unpaired) electrons. The van der Waals surface area contributed by atoms with Crippen LogP contribution >= 0.6 is 0 Å². The molecular weight excluding hydrogens is 375 g/mol. The lowest BCUT2D eigenvalue weighted by Gasteiger charge is -2.32. The number of fused-ring (bicyclic) bond motifs is 1. The Morgan fingerprint density at radius 1 is 1.17 bits per heavy atom. The van der Waals surface area contributed by atoms with Crippen molar-refractivity contribution in [3.05, 3.63) is 59.7 Å². The molecule has 3 amide bonds. The van der Waals surface area contributed by atoms with Crippen molar-refractivity contribution in [3.63, 3.8) is 0 Å². The van der Waals surface area contributed by atoms with E-state index in [-0.39, 0.29) is 41.4 Å². The quantitative estimate of drug-likeness (QED) is 0.843. The number of aromatic nitrogens is 1. The zero-order valence-electron chi connectivity index (χ0n) is 16.3. The third-order valence-corrected chi connectivity index (χ3v) is 5.74. The molecule has 7 nitrogen and oxygen atoms in total. The molecule has 0 aliphatic carbocycles. The van der Waals surface area contributed by atoms with Gasteiger partial charge in [-0.3, -0.25) is 9.78 Å². The van der Waals surface area contributed by atoms with Crippen LogP contribution in [0.25, 0.3) is 0 Å². The maximum Gasteiger partial charge on any atom is 0.320 e. The minimum atomic E-state index is -0.347. The van der Waals surface area contributed by atoms with Gasteiger partial charge in [-0.1, -0.05) is 12.1 Å². The Labute approximate surface area is 168 Å². The number of aromatic hydroxyl groups is 1. The van der Waals surface area contributed by atoms with Gasteiger partial charge in [-0.25, -0.2) is 9.18 Å². The summed E-state index contributed by atoms with van der Waals surface area (Å²) >= 11 is 0. The molecule has 8 heteroatoms. The van der Waals surface area contributed by atoms with Crippen LogP contribution in [0.15, 0.2) is 42.7 Å². The lowest BCUT2D eigenvalue weighted by molar-refractivity contribution is 0.0765. The van der Waals surface area contributed by atoms with E-state index in [2.05, 4.69) is 4.98 Å². The van der Waals surface area contributed by atoms with Crippen molar-refractivity contribution < 1.29 is 19.1 Å². The second kappa shape index (κ2) is 7.35. The average Bonchev–Trinajstić information content (AvgIpc) is 3.24. The van der Waals surface area contributed by atoms with Gasteiger partial charge in [0, 0.05) is 51.8 Å². The number of likely N-dealkylation sites (tertiary alicyclic amines) is 2. The van der Waals surface area contributed by atoms with Crippen LogP contribution in [-0.2, 0) is 0 Å². The van der Waals surface area contributed by atoms with Crippen LogP contribution in [0, 0.1) is 17.7 Å². The number of carbonyl (C=O) groups is 2. The highest BCUT2D eigenvalue weighted by atomic mass is 19.1. The first-order chi connectivity index (χ1) is 13.8. The molecule has 1 aromatic heterocycles. The Morgan fingerprint density at radius 2 is 1.97 bits per heavy atom. The van der Waals surface area contributed by atoms with Gasteiger partial charge in [-0.05, 0) is 23.8 Å². The van der Waals surface area contributed by atoms with Crippen molar-refractivity contribution in [3.8, 4) is 5.75 Å². The summed E-state index contributed by atoms with van der Waals surface area (Å²) in [6.07, 6.45) is 2.71. The van der Waals surface area contributed by atoms with Crippen molar-refractivity contribution in [2.24, 2.45) is 11.8 Å². The maximum atomic E-state index is 13.9. The number of halogens is 1. The Balaban J connectivity index is 1.62. The first kappa shape index (κ1) is 19.2. The molecule has 2 fully saturated rings. The van der Waals surface area contributed by atoms with Crippen molar-refractivity contribution in [1.82, 2.24) is 19.7 Å². The van der Waals surface area contributed by atoms with E-state index in [1.165, 1.54) is 35.5 Å². The fourth-order valence-corrected chi connectivity index (χ4v) is 4.51. The molecule has 2 aromatic rings. The molecule has 3 heterocycles. The number of rotatable bonds is 2. The number of hydrogen-bond donors (Lipinski definition) is 1. The summed E-state index contributed by atoms with van der Waals surface area (Å²) in [5.41, 5.74) is 1.06. The Hall–Kier alpha value is -3.16. The van der Waals surface area contributed by atoms with Crippen LogP contribution in [0.4, 0.5) is 9.18 Å². The summed E-state index contributed by atoms with van der Waals surface area (Å²) in [5.74, 6) is -0.502. The molecule has 0 saturated carbocycles. The average molecular weight is 398 g/mol. The lowest BCUT2D eigenvalue weighted by Crippen LogP contribution is -2.42. The summed E-state index contributed by atoms with van der Waals surface area (Å²) in [6.45, 7) is 1.46. The zero-order chi connectivity index (χ0) is 20.7. The number of amides is 3. The SMILES string of the molecule is CN(C)C(=O)N1C[C@H]2CN(C(=O)c3cncc(O)c3)C[C@H]2[C@H]1c1cccc(F)c1. The molecule has 0 spiro atoms. The van der Waals surface area contributed by atoms with Crippen molar-refractivity contribution in [2.75, 3.05) is 33.7 Å². The Bertz CT molecular complexity index is 951. The number of benzene rings is 1. The van der Waals surface area contributed by atoms with E-state index in [1.54, 1.807) is 30.0 Å². The molecule has 2 aliphatic rings. The Morgan fingerprint density at radius 3 is 2.66 bits per heavy atom. The molecule has 29 heavy (non-hydrogen) atoms. The number of hydrogen-bond acceptors (Lipinski definition) is 4. The van der Waals surface area contributed by atoms with Crippen molar-refractivity contribution >= 4 is 11.9 Å². The van der Waals surface area contributed by atoms with Crippen LogP contribution in [0.5, 0.6) is 5.75 Å². The van der Waals surface area contributed by atoms with Gasteiger partial charge in [0.2, 0.25) is 0 Å². The Kier molecular flexibility index (Phi) is 4.86. The van der Waals surface area contributed by atoms with Crippen LogP contribution in [0.1, 0.15) is 22.0 Å². The highest BCUT2D eigenvalue weighted by Gasteiger charge is 2.50. The van der Waals surface area contributed by atoms with Crippen LogP contribution < -0.4 is 0 Å². The summed E-state index contributed by atoms with van der Waals surface area (Å²) in [7, 11) is 3.40. The van der Waals surface area contributed by atoms with E-state index < -0.39 is 0 Å². The van der Waals surface area contributed by atoms with Crippen LogP contribution in [-0.4, -0.2) is 70.5 Å². The number of pyridine rings is 1. The molecule has 1 N–H and O–H groups in total. The fraction of sp³-hybridized carbons (Fsp3) is 0.381. The molecule has 1 aromatic carbocycles. The van der Waals surface area contributed by atoms with Gasteiger partial charge in [0.1, 0.15) is 11.6 Å². The summed E-state index contributed by atoms with van der Waals surface area (Å²) in [5, 5.41) is 9.61. The fourth-order valence-electron chi connectivity index (χ4n) is 4.51. The molecule has 152 valence electrons. The van der Waals surface area contributed by atoms with E-state index in [1.807, 2.05) is 6.07 Å². The second-order valence-electron chi connectivity index (χ2n) is 7.90. The van der Waals surface area contributed by atoms with Gasteiger partial charge >= 0.3 is 6.03 Å². The molecular formula is C21H23FN4O3. The standard InChI is InChI=1S/C21H23FN4O3/c1-24(2)21(29)26-11-15-10-25(20(28)14-7-17(27)9-23-8-14)12-18(15)19(26)13-4-3-5-16(22)6-13/h3-9,15,18-19,27H,10-12H2,1-2H3/t15-,18-,19-/m1/s1. The van der Waals surface area contributed by atoms with E-state index in [9.17, 15) is 19.1 Å². The highest BCUT2D eigenvalue weighted by Crippen LogP contribution is 2.45. The van der Waals surface area contributed by atoms with Crippen LogP contribution in [0.3, 0.4) is 0 Å². The van der Waals surface area contributed by atoms with Gasteiger partial charge in [0.05, 0.1) is 17.8 Å². The largest absolute Gasteiger partial charge is 0.506 e. The van der Waals surface area contributed by atoms with E-state index in [4.69, 9.17) is 0 Å². The van der Waals surface area contributed by atoms with Gasteiger partial charge in [0.25, 0.3) is 5.91 Å². The van der Waals surface area contributed by atoms with Gasteiger partial charge in [-0.2, -0.15) is 0 Å². The van der Waals surface area contributed by atoms with Gasteiger partial charge in [-0.15, -0.1) is 0 Å². The predicted octanol–water partition coefficient (Wildman–Crippen LogP) is 2.35. The number of urea groups is 1. The third-order valence-electron chi connectivity index (χ3n) is 5.74. The van der Waals surface area contributed by atoms with Crippen LogP contribution in [0.2, 0.25) is 0 Å². The monoisotopic (exact) mass is 398 g/mol. The molecule has 3 atom stereocenters. The normalized spacial score (nSPS) is 23.2. The zero-order valence-corrected chi connectivity index (χ0v) is 16.3. The van der Waals surface area contributed by atoms with E-state index in [0.29, 0.717) is 25.2 Å². The predicted molar refractivity (Wildman–Crippen MR) is 104 cm³/mol. The number of carbonyl (C=O) groups excluding carboxylic acids is 2. The van der Waals surface area contributed by atoms with E-state index in [0.717, 1.165) is 5.56 Å². The van der Waals surface area contributed by atoms with Gasteiger partial charge < -0.3 is 19.8 Å². The first-order valence-corrected chi connectivity index (χ1v) is 9.52. The van der Waals surface area contributed by atoms with Crippen molar-refractivity contribution in [2.45, 2.75) is 6.04 Å². The second-order valence-corrected chi connectivity index (χ2v) is 7.90. The molecule has 2 saturated heterocycles. The third kappa shape index (κ3) is 3.50. The smallest absolute Gasteiger partial charge is 0.320 e. The minimum Gasteiger partial charge on any atom is -0.506 e. The first-order valence-electron chi connectivity index (χ1n) is 9.52.